The normalized spacial score (nSPS) is 20.3. The Balaban J connectivity index is 1.94. The summed E-state index contributed by atoms with van der Waals surface area (Å²) in [5.74, 6) is -0.142. The van der Waals surface area contributed by atoms with Crippen molar-refractivity contribution in [2.45, 2.75) is 32.7 Å². The summed E-state index contributed by atoms with van der Waals surface area (Å²) in [7, 11) is -3.60. The van der Waals surface area contributed by atoms with Crippen molar-refractivity contribution in [2.24, 2.45) is 0 Å². The lowest BCUT2D eigenvalue weighted by Crippen LogP contribution is -2.48. The van der Waals surface area contributed by atoms with Crippen LogP contribution in [0.25, 0.3) is 10.9 Å². The van der Waals surface area contributed by atoms with Gasteiger partial charge in [0.2, 0.25) is 0 Å². The molecule has 0 unspecified atom stereocenters. The first-order chi connectivity index (χ1) is 13.9. The SMILES string of the molecule is CCN(CC)S(=O)(=O)N1C[C@H](c2ccccc2Cl)c2c([nH]c3ccccc23)[C@H]1C. The van der Waals surface area contributed by atoms with Crippen LogP contribution in [-0.4, -0.2) is 41.6 Å². The first-order valence-electron chi connectivity index (χ1n) is 10.0. The van der Waals surface area contributed by atoms with Crippen molar-refractivity contribution in [3.8, 4) is 0 Å². The van der Waals surface area contributed by atoms with Crippen molar-refractivity contribution >= 4 is 32.7 Å². The third kappa shape index (κ3) is 3.28. The van der Waals surface area contributed by atoms with E-state index in [9.17, 15) is 8.42 Å². The molecule has 7 heteroatoms. The molecule has 0 saturated carbocycles. The van der Waals surface area contributed by atoms with Gasteiger partial charge in [0.05, 0.1) is 6.04 Å². The fourth-order valence-electron chi connectivity index (χ4n) is 4.47. The number of aromatic amines is 1. The molecule has 0 radical (unpaired) electrons. The number of aromatic nitrogens is 1. The van der Waals surface area contributed by atoms with E-state index >= 15 is 0 Å². The quantitative estimate of drug-likeness (QED) is 0.623. The predicted octanol–water partition coefficient (Wildman–Crippen LogP) is 4.92. The van der Waals surface area contributed by atoms with Crippen LogP contribution in [0.15, 0.2) is 48.5 Å². The average Bonchev–Trinajstić information content (AvgIpc) is 3.10. The van der Waals surface area contributed by atoms with Crippen LogP contribution < -0.4 is 0 Å². The third-order valence-electron chi connectivity index (χ3n) is 5.95. The van der Waals surface area contributed by atoms with Gasteiger partial charge < -0.3 is 4.98 Å². The molecule has 0 spiro atoms. The lowest BCUT2D eigenvalue weighted by atomic mass is 9.85. The molecule has 1 aliphatic rings. The number of hydrogen-bond donors (Lipinski definition) is 1. The summed E-state index contributed by atoms with van der Waals surface area (Å²) in [6, 6.07) is 15.6. The fourth-order valence-corrected chi connectivity index (χ4v) is 6.53. The molecule has 4 rings (SSSR count). The van der Waals surface area contributed by atoms with Crippen LogP contribution >= 0.6 is 11.6 Å². The Morgan fingerprint density at radius 2 is 1.76 bits per heavy atom. The molecule has 1 aliphatic heterocycles. The fraction of sp³-hybridized carbons (Fsp3) is 0.364. The van der Waals surface area contributed by atoms with E-state index in [-0.39, 0.29) is 12.0 Å². The van der Waals surface area contributed by atoms with E-state index in [0.29, 0.717) is 24.7 Å². The minimum Gasteiger partial charge on any atom is -0.357 e. The molecule has 1 N–H and O–H groups in total. The first-order valence-corrected chi connectivity index (χ1v) is 11.8. The van der Waals surface area contributed by atoms with Gasteiger partial charge in [-0.1, -0.05) is 61.8 Å². The number of hydrogen-bond acceptors (Lipinski definition) is 2. The van der Waals surface area contributed by atoms with Gasteiger partial charge in [0, 0.05) is 47.2 Å². The molecule has 2 atom stereocenters. The van der Waals surface area contributed by atoms with Gasteiger partial charge in [-0.05, 0) is 30.2 Å². The topological polar surface area (TPSA) is 56.4 Å². The molecule has 0 aliphatic carbocycles. The van der Waals surface area contributed by atoms with E-state index in [0.717, 1.165) is 27.7 Å². The molecular formula is C22H26ClN3O2S. The molecule has 0 bridgehead atoms. The van der Waals surface area contributed by atoms with Crippen LogP contribution in [-0.2, 0) is 10.2 Å². The Bertz CT molecular complexity index is 1140. The smallest absolute Gasteiger partial charge is 0.282 e. The van der Waals surface area contributed by atoms with Crippen molar-refractivity contribution in [1.29, 1.82) is 0 Å². The molecule has 29 heavy (non-hydrogen) atoms. The largest absolute Gasteiger partial charge is 0.357 e. The molecular weight excluding hydrogens is 406 g/mol. The van der Waals surface area contributed by atoms with Crippen LogP contribution in [0.2, 0.25) is 5.02 Å². The number of para-hydroxylation sites is 1. The number of benzene rings is 2. The Morgan fingerprint density at radius 3 is 2.45 bits per heavy atom. The van der Waals surface area contributed by atoms with Gasteiger partial charge in [-0.25, -0.2) is 0 Å². The van der Waals surface area contributed by atoms with Gasteiger partial charge in [0.1, 0.15) is 0 Å². The van der Waals surface area contributed by atoms with Gasteiger partial charge in [-0.15, -0.1) is 0 Å². The van der Waals surface area contributed by atoms with Crippen LogP contribution in [0.4, 0.5) is 0 Å². The van der Waals surface area contributed by atoms with Crippen molar-refractivity contribution < 1.29 is 8.42 Å². The lowest BCUT2D eigenvalue weighted by Gasteiger charge is -2.39. The highest BCUT2D eigenvalue weighted by Crippen LogP contribution is 2.45. The van der Waals surface area contributed by atoms with E-state index in [1.54, 1.807) is 4.31 Å². The Kier molecular flexibility index (Phi) is 5.46. The van der Waals surface area contributed by atoms with E-state index in [2.05, 4.69) is 11.1 Å². The highest BCUT2D eigenvalue weighted by Gasteiger charge is 2.42. The van der Waals surface area contributed by atoms with E-state index in [1.807, 2.05) is 63.2 Å². The molecule has 0 saturated heterocycles. The predicted molar refractivity (Wildman–Crippen MR) is 119 cm³/mol. The molecule has 1 aromatic heterocycles. The molecule has 0 amide bonds. The van der Waals surface area contributed by atoms with Crippen LogP contribution in [0.3, 0.4) is 0 Å². The van der Waals surface area contributed by atoms with Crippen molar-refractivity contribution in [1.82, 2.24) is 13.6 Å². The minimum absolute atomic E-state index is 0.142. The Morgan fingerprint density at radius 1 is 1.10 bits per heavy atom. The summed E-state index contributed by atoms with van der Waals surface area (Å²) in [5, 5.41) is 1.78. The molecule has 3 aromatic rings. The summed E-state index contributed by atoms with van der Waals surface area (Å²) in [4.78, 5) is 3.49. The number of nitrogens with one attached hydrogen (secondary N) is 1. The lowest BCUT2D eigenvalue weighted by molar-refractivity contribution is 0.277. The van der Waals surface area contributed by atoms with Gasteiger partial charge in [-0.2, -0.15) is 17.0 Å². The zero-order valence-electron chi connectivity index (χ0n) is 16.9. The van der Waals surface area contributed by atoms with Crippen LogP contribution in [0, 0.1) is 0 Å². The number of rotatable bonds is 5. The molecule has 5 nitrogen and oxygen atoms in total. The number of fused-ring (bicyclic) bond motifs is 3. The second-order valence-corrected chi connectivity index (χ2v) is 9.70. The monoisotopic (exact) mass is 431 g/mol. The first kappa shape index (κ1) is 20.4. The van der Waals surface area contributed by atoms with Crippen molar-refractivity contribution in [2.75, 3.05) is 19.6 Å². The maximum absolute atomic E-state index is 13.5. The molecule has 2 heterocycles. The van der Waals surface area contributed by atoms with Gasteiger partial charge in [0.25, 0.3) is 10.2 Å². The van der Waals surface area contributed by atoms with Gasteiger partial charge in [-0.3, -0.25) is 0 Å². The van der Waals surface area contributed by atoms with Crippen LogP contribution in [0.1, 0.15) is 49.6 Å². The van der Waals surface area contributed by atoms with Gasteiger partial charge >= 0.3 is 0 Å². The van der Waals surface area contributed by atoms with Gasteiger partial charge in [0.15, 0.2) is 0 Å². The summed E-state index contributed by atoms with van der Waals surface area (Å²) < 4.78 is 30.0. The van der Waals surface area contributed by atoms with E-state index < -0.39 is 10.2 Å². The Hall–Kier alpha value is -1.86. The van der Waals surface area contributed by atoms with Crippen molar-refractivity contribution in [3.05, 3.63) is 70.4 Å². The van der Waals surface area contributed by atoms with E-state index in [1.165, 1.54) is 4.31 Å². The minimum atomic E-state index is -3.60. The average molecular weight is 432 g/mol. The number of halogens is 1. The highest BCUT2D eigenvalue weighted by molar-refractivity contribution is 7.86. The standard InChI is InChI=1S/C22H26ClN3O2S/c1-4-25(5-2)29(27,28)26-14-18(16-10-6-8-12-19(16)23)21-17-11-7-9-13-20(17)24-22(21)15(26)3/h6-13,15,18,24H,4-5,14H2,1-3H3/t15-,18-/m1/s1. The Labute approximate surface area is 177 Å². The maximum atomic E-state index is 13.5. The van der Waals surface area contributed by atoms with E-state index in [4.69, 9.17) is 11.6 Å². The number of H-pyrrole nitrogens is 1. The summed E-state index contributed by atoms with van der Waals surface area (Å²) >= 11 is 6.57. The summed E-state index contributed by atoms with van der Waals surface area (Å²) in [5.41, 5.74) is 4.06. The summed E-state index contributed by atoms with van der Waals surface area (Å²) in [6.45, 7) is 6.94. The number of nitrogens with zero attached hydrogens (tertiary/aromatic N) is 2. The second kappa shape index (κ2) is 7.76. The van der Waals surface area contributed by atoms with Crippen LogP contribution in [0.5, 0.6) is 0 Å². The summed E-state index contributed by atoms with van der Waals surface area (Å²) in [6.07, 6.45) is 0. The maximum Gasteiger partial charge on any atom is 0.282 e. The zero-order valence-corrected chi connectivity index (χ0v) is 18.5. The molecule has 0 fully saturated rings. The molecule has 154 valence electrons. The highest BCUT2D eigenvalue weighted by atomic mass is 35.5. The van der Waals surface area contributed by atoms with Crippen molar-refractivity contribution in [3.63, 3.8) is 0 Å². The second-order valence-electron chi connectivity index (χ2n) is 7.41. The zero-order chi connectivity index (χ0) is 20.8. The molecule has 2 aromatic carbocycles. The third-order valence-corrected chi connectivity index (χ3v) is 8.52.